The van der Waals surface area contributed by atoms with Gasteiger partial charge in [-0.1, -0.05) is 18.2 Å². The molecule has 0 unspecified atom stereocenters. The van der Waals surface area contributed by atoms with Crippen molar-refractivity contribution in [1.29, 1.82) is 0 Å². The number of benzene rings is 1. The first-order chi connectivity index (χ1) is 8.83. The fraction of sp³-hybridized carbons (Fsp3) is 0.500. The Labute approximate surface area is 107 Å². The van der Waals surface area contributed by atoms with E-state index >= 15 is 0 Å². The normalized spacial score (nSPS) is 17.4. The average Bonchev–Trinajstić information content (AvgIpc) is 3.09. The predicted molar refractivity (Wildman–Crippen MR) is 71.9 cm³/mol. The first-order valence-corrected chi connectivity index (χ1v) is 6.70. The molecule has 1 aliphatic heterocycles. The second kappa shape index (κ2) is 4.88. The van der Waals surface area contributed by atoms with Gasteiger partial charge in [-0.05, 0) is 30.9 Å². The number of para-hydroxylation sites is 1. The van der Waals surface area contributed by atoms with Crippen LogP contribution in [0.3, 0.4) is 0 Å². The van der Waals surface area contributed by atoms with Crippen molar-refractivity contribution < 1.29 is 4.79 Å². The van der Waals surface area contributed by atoms with Gasteiger partial charge in [-0.15, -0.1) is 0 Å². The number of hydrogen-bond acceptors (Lipinski definition) is 2. The second-order valence-electron chi connectivity index (χ2n) is 5.04. The van der Waals surface area contributed by atoms with Gasteiger partial charge in [0.15, 0.2) is 0 Å². The molecule has 0 saturated heterocycles. The van der Waals surface area contributed by atoms with Gasteiger partial charge >= 0.3 is 6.03 Å². The zero-order chi connectivity index (χ0) is 12.4. The van der Waals surface area contributed by atoms with Crippen LogP contribution in [0, 0.1) is 0 Å². The van der Waals surface area contributed by atoms with E-state index in [2.05, 4.69) is 39.8 Å². The molecule has 2 aliphatic rings. The Hall–Kier alpha value is -1.71. The molecule has 0 atom stereocenters. The van der Waals surface area contributed by atoms with E-state index in [0.717, 1.165) is 32.4 Å². The number of urea groups is 1. The van der Waals surface area contributed by atoms with Gasteiger partial charge in [0.25, 0.3) is 0 Å². The quantitative estimate of drug-likeness (QED) is 0.844. The molecule has 0 spiro atoms. The number of nitrogens with one attached hydrogen (secondary N) is 2. The maximum atomic E-state index is 11.5. The van der Waals surface area contributed by atoms with E-state index in [1.165, 1.54) is 11.3 Å². The van der Waals surface area contributed by atoms with Crippen molar-refractivity contribution in [3.63, 3.8) is 0 Å². The first kappa shape index (κ1) is 11.4. The number of nitrogens with zero attached hydrogens (tertiary/aromatic N) is 1. The summed E-state index contributed by atoms with van der Waals surface area (Å²) in [7, 11) is 0. The molecule has 0 radical (unpaired) electrons. The molecule has 18 heavy (non-hydrogen) atoms. The molecule has 4 nitrogen and oxygen atoms in total. The third kappa shape index (κ3) is 2.58. The highest BCUT2D eigenvalue weighted by molar-refractivity contribution is 5.74. The number of hydrogen-bond donors (Lipinski definition) is 2. The van der Waals surface area contributed by atoms with E-state index in [0.29, 0.717) is 12.6 Å². The Morgan fingerprint density at radius 2 is 2.17 bits per heavy atom. The summed E-state index contributed by atoms with van der Waals surface area (Å²) in [6.07, 6.45) is 3.38. The van der Waals surface area contributed by atoms with Gasteiger partial charge in [0.05, 0.1) is 0 Å². The van der Waals surface area contributed by atoms with Crippen LogP contribution in [0.25, 0.3) is 0 Å². The monoisotopic (exact) mass is 245 g/mol. The maximum absolute atomic E-state index is 11.5. The molecule has 0 bridgehead atoms. The summed E-state index contributed by atoms with van der Waals surface area (Å²) in [6, 6.07) is 8.91. The van der Waals surface area contributed by atoms with E-state index in [9.17, 15) is 4.79 Å². The lowest BCUT2D eigenvalue weighted by molar-refractivity contribution is 0.240. The Bertz CT molecular complexity index is 442. The molecule has 1 aromatic carbocycles. The van der Waals surface area contributed by atoms with Gasteiger partial charge < -0.3 is 15.5 Å². The fourth-order valence-electron chi connectivity index (χ4n) is 2.41. The SMILES string of the molecule is O=C(NCCN1CCc2ccccc21)NC1CC1. The third-order valence-corrected chi connectivity index (χ3v) is 3.56. The number of amides is 2. The smallest absolute Gasteiger partial charge is 0.315 e. The molecule has 1 heterocycles. The average molecular weight is 245 g/mol. The highest BCUT2D eigenvalue weighted by Crippen LogP contribution is 2.26. The Morgan fingerprint density at radius 3 is 3.00 bits per heavy atom. The van der Waals surface area contributed by atoms with E-state index < -0.39 is 0 Å². The number of fused-ring (bicyclic) bond motifs is 1. The van der Waals surface area contributed by atoms with Gasteiger partial charge in [0.2, 0.25) is 0 Å². The molecule has 96 valence electrons. The highest BCUT2D eigenvalue weighted by Gasteiger charge is 2.23. The van der Waals surface area contributed by atoms with Crippen LogP contribution >= 0.6 is 0 Å². The lowest BCUT2D eigenvalue weighted by Gasteiger charge is -2.19. The van der Waals surface area contributed by atoms with E-state index in [1.54, 1.807) is 0 Å². The van der Waals surface area contributed by atoms with Gasteiger partial charge in [-0.3, -0.25) is 0 Å². The molecular weight excluding hydrogens is 226 g/mol. The van der Waals surface area contributed by atoms with E-state index in [1.807, 2.05) is 0 Å². The summed E-state index contributed by atoms with van der Waals surface area (Å²) >= 11 is 0. The molecule has 4 heteroatoms. The topological polar surface area (TPSA) is 44.4 Å². The van der Waals surface area contributed by atoms with E-state index in [4.69, 9.17) is 0 Å². The number of anilines is 1. The Morgan fingerprint density at radius 1 is 1.33 bits per heavy atom. The van der Waals surface area contributed by atoms with Crippen molar-refractivity contribution in [1.82, 2.24) is 10.6 Å². The van der Waals surface area contributed by atoms with Crippen LogP contribution in [-0.2, 0) is 6.42 Å². The summed E-state index contributed by atoms with van der Waals surface area (Å²) in [4.78, 5) is 13.8. The molecule has 2 amide bonds. The number of carbonyl (C=O) groups is 1. The van der Waals surface area contributed by atoms with Crippen LogP contribution in [0.1, 0.15) is 18.4 Å². The van der Waals surface area contributed by atoms with Crippen LogP contribution in [-0.4, -0.2) is 31.7 Å². The Kier molecular flexibility index (Phi) is 3.09. The lowest BCUT2D eigenvalue weighted by Crippen LogP contribution is -2.40. The summed E-state index contributed by atoms with van der Waals surface area (Å²) in [5, 5.41) is 5.85. The molecule has 1 saturated carbocycles. The summed E-state index contributed by atoms with van der Waals surface area (Å²) in [5.41, 5.74) is 2.74. The number of rotatable bonds is 4. The molecule has 1 aromatic rings. The summed E-state index contributed by atoms with van der Waals surface area (Å²) in [6.45, 7) is 2.65. The van der Waals surface area contributed by atoms with Crippen LogP contribution in [0.4, 0.5) is 10.5 Å². The van der Waals surface area contributed by atoms with Gasteiger partial charge in [-0.2, -0.15) is 0 Å². The molecule has 1 aliphatic carbocycles. The predicted octanol–water partition coefficient (Wildman–Crippen LogP) is 1.51. The van der Waals surface area contributed by atoms with Crippen LogP contribution < -0.4 is 15.5 Å². The van der Waals surface area contributed by atoms with Gasteiger partial charge in [-0.25, -0.2) is 4.79 Å². The second-order valence-corrected chi connectivity index (χ2v) is 5.04. The van der Waals surface area contributed by atoms with Crippen LogP contribution in [0.2, 0.25) is 0 Å². The minimum Gasteiger partial charge on any atom is -0.369 e. The first-order valence-electron chi connectivity index (χ1n) is 6.70. The van der Waals surface area contributed by atoms with Crippen molar-refractivity contribution in [2.75, 3.05) is 24.5 Å². The zero-order valence-electron chi connectivity index (χ0n) is 10.5. The molecule has 2 N–H and O–H groups in total. The van der Waals surface area contributed by atoms with Crippen molar-refractivity contribution in [3.8, 4) is 0 Å². The van der Waals surface area contributed by atoms with Crippen LogP contribution in [0.5, 0.6) is 0 Å². The van der Waals surface area contributed by atoms with Crippen molar-refractivity contribution in [2.45, 2.75) is 25.3 Å². The third-order valence-electron chi connectivity index (χ3n) is 3.56. The van der Waals surface area contributed by atoms with Gasteiger partial charge in [0, 0.05) is 31.4 Å². The number of carbonyl (C=O) groups excluding carboxylic acids is 1. The molecule has 3 rings (SSSR count). The minimum absolute atomic E-state index is 0.0232. The van der Waals surface area contributed by atoms with Crippen molar-refractivity contribution >= 4 is 11.7 Å². The lowest BCUT2D eigenvalue weighted by atomic mass is 10.2. The van der Waals surface area contributed by atoms with E-state index in [-0.39, 0.29) is 6.03 Å². The highest BCUT2D eigenvalue weighted by atomic mass is 16.2. The molecular formula is C14H19N3O. The Balaban J connectivity index is 1.45. The van der Waals surface area contributed by atoms with Crippen LogP contribution in [0.15, 0.2) is 24.3 Å². The fourth-order valence-corrected chi connectivity index (χ4v) is 2.41. The van der Waals surface area contributed by atoms with Crippen molar-refractivity contribution in [2.24, 2.45) is 0 Å². The maximum Gasteiger partial charge on any atom is 0.315 e. The summed E-state index contributed by atoms with van der Waals surface area (Å²) in [5.74, 6) is 0. The standard InChI is InChI=1S/C14H19N3O/c18-14(16-12-5-6-12)15-8-10-17-9-7-11-3-1-2-4-13(11)17/h1-4,12H,5-10H2,(H2,15,16,18). The molecule has 1 fully saturated rings. The van der Waals surface area contributed by atoms with Crippen molar-refractivity contribution in [3.05, 3.63) is 29.8 Å². The van der Waals surface area contributed by atoms with Gasteiger partial charge in [0.1, 0.15) is 0 Å². The zero-order valence-corrected chi connectivity index (χ0v) is 10.5. The largest absolute Gasteiger partial charge is 0.369 e. The minimum atomic E-state index is -0.0232. The summed E-state index contributed by atoms with van der Waals surface area (Å²) < 4.78 is 0. The molecule has 0 aromatic heterocycles.